The van der Waals surface area contributed by atoms with Crippen LogP contribution in [0.3, 0.4) is 0 Å². The molecule has 2 N–H and O–H groups in total. The minimum Gasteiger partial charge on any atom is -0.381 e. The van der Waals surface area contributed by atoms with E-state index >= 15 is 0 Å². The second-order valence-electron chi connectivity index (χ2n) is 4.33. The molecular weight excluding hydrogens is 265 g/mol. The van der Waals surface area contributed by atoms with Crippen LogP contribution in [-0.2, 0) is 6.18 Å². The SMILES string of the molecule is FC(F)(F)c1cccc(Cl)c1NC1CCNCC1. The van der Waals surface area contributed by atoms with Gasteiger partial charge in [0, 0.05) is 6.04 Å². The highest BCUT2D eigenvalue weighted by atomic mass is 35.5. The number of rotatable bonds is 2. The molecule has 1 aliphatic rings. The van der Waals surface area contributed by atoms with Gasteiger partial charge in [-0.15, -0.1) is 0 Å². The lowest BCUT2D eigenvalue weighted by atomic mass is 10.0. The molecule has 0 unspecified atom stereocenters. The van der Waals surface area contributed by atoms with Gasteiger partial charge in [0.05, 0.1) is 16.3 Å². The van der Waals surface area contributed by atoms with Crippen molar-refractivity contribution < 1.29 is 13.2 Å². The van der Waals surface area contributed by atoms with E-state index in [0.29, 0.717) is 0 Å². The molecule has 0 bridgehead atoms. The molecule has 0 radical (unpaired) electrons. The first-order valence-electron chi connectivity index (χ1n) is 5.81. The highest BCUT2D eigenvalue weighted by Crippen LogP contribution is 2.39. The predicted octanol–water partition coefficient (Wildman–Crippen LogP) is 3.52. The average molecular weight is 279 g/mol. The highest BCUT2D eigenvalue weighted by Gasteiger charge is 2.34. The van der Waals surface area contributed by atoms with E-state index in [1.54, 1.807) is 0 Å². The van der Waals surface area contributed by atoms with Crippen LogP contribution in [0.1, 0.15) is 18.4 Å². The van der Waals surface area contributed by atoms with Gasteiger partial charge in [0.2, 0.25) is 0 Å². The molecule has 0 saturated carbocycles. The monoisotopic (exact) mass is 278 g/mol. The van der Waals surface area contributed by atoms with Crippen molar-refractivity contribution in [3.8, 4) is 0 Å². The summed E-state index contributed by atoms with van der Waals surface area (Å²) in [5.41, 5.74) is -0.702. The topological polar surface area (TPSA) is 24.1 Å². The van der Waals surface area contributed by atoms with E-state index in [0.717, 1.165) is 32.0 Å². The third kappa shape index (κ3) is 3.09. The standard InChI is InChI=1S/C12H14ClF3N2/c13-10-3-1-2-9(12(14,15)16)11(10)18-8-4-6-17-7-5-8/h1-3,8,17-18H,4-7H2. The van der Waals surface area contributed by atoms with Crippen LogP contribution in [0, 0.1) is 0 Å². The second kappa shape index (κ2) is 5.36. The first-order valence-corrected chi connectivity index (χ1v) is 6.19. The Morgan fingerprint density at radius 2 is 1.89 bits per heavy atom. The van der Waals surface area contributed by atoms with Crippen LogP contribution < -0.4 is 10.6 Å². The van der Waals surface area contributed by atoms with E-state index in [1.807, 2.05) is 0 Å². The number of hydrogen-bond donors (Lipinski definition) is 2. The zero-order chi connectivity index (χ0) is 13.2. The molecule has 2 rings (SSSR count). The van der Waals surface area contributed by atoms with Gasteiger partial charge < -0.3 is 10.6 Å². The van der Waals surface area contributed by atoms with Crippen molar-refractivity contribution in [2.45, 2.75) is 25.1 Å². The smallest absolute Gasteiger partial charge is 0.381 e. The lowest BCUT2D eigenvalue weighted by Gasteiger charge is -2.26. The van der Waals surface area contributed by atoms with Crippen LogP contribution >= 0.6 is 11.6 Å². The molecule has 2 nitrogen and oxygen atoms in total. The van der Waals surface area contributed by atoms with Gasteiger partial charge >= 0.3 is 6.18 Å². The summed E-state index contributed by atoms with van der Waals surface area (Å²) in [4.78, 5) is 0. The van der Waals surface area contributed by atoms with Crippen molar-refractivity contribution in [3.05, 3.63) is 28.8 Å². The van der Waals surface area contributed by atoms with Crippen molar-refractivity contribution in [2.24, 2.45) is 0 Å². The van der Waals surface area contributed by atoms with E-state index in [4.69, 9.17) is 11.6 Å². The summed E-state index contributed by atoms with van der Waals surface area (Å²) in [6.45, 7) is 1.62. The van der Waals surface area contributed by atoms with Crippen LogP contribution in [0.5, 0.6) is 0 Å². The first kappa shape index (κ1) is 13.5. The summed E-state index contributed by atoms with van der Waals surface area (Å²) in [6, 6.07) is 3.88. The zero-order valence-corrected chi connectivity index (χ0v) is 10.4. The van der Waals surface area contributed by atoms with Crippen LogP contribution in [-0.4, -0.2) is 19.1 Å². The quantitative estimate of drug-likeness (QED) is 0.865. The molecule has 1 fully saturated rings. The average Bonchev–Trinajstić information content (AvgIpc) is 2.32. The van der Waals surface area contributed by atoms with Crippen LogP contribution in [0.2, 0.25) is 5.02 Å². The summed E-state index contributed by atoms with van der Waals surface area (Å²) in [5.74, 6) is 0. The number of nitrogens with one attached hydrogen (secondary N) is 2. The Kier molecular flexibility index (Phi) is 4.02. The minimum atomic E-state index is -4.39. The summed E-state index contributed by atoms with van der Waals surface area (Å²) in [5, 5.41) is 6.21. The van der Waals surface area contributed by atoms with Crippen molar-refractivity contribution >= 4 is 17.3 Å². The molecule has 0 aliphatic carbocycles. The van der Waals surface area contributed by atoms with Crippen molar-refractivity contribution in [2.75, 3.05) is 18.4 Å². The van der Waals surface area contributed by atoms with Gasteiger partial charge in [-0.3, -0.25) is 0 Å². The molecule has 0 atom stereocenters. The molecular formula is C12H14ClF3N2. The van der Waals surface area contributed by atoms with Gasteiger partial charge in [0.15, 0.2) is 0 Å². The predicted molar refractivity (Wildman–Crippen MR) is 66.0 cm³/mol. The number of anilines is 1. The third-order valence-corrected chi connectivity index (χ3v) is 3.32. The third-order valence-electron chi connectivity index (χ3n) is 3.01. The van der Waals surface area contributed by atoms with E-state index < -0.39 is 11.7 Å². The summed E-state index contributed by atoms with van der Waals surface area (Å²) < 4.78 is 38.6. The first-order chi connectivity index (χ1) is 8.48. The number of benzene rings is 1. The Morgan fingerprint density at radius 3 is 2.50 bits per heavy atom. The van der Waals surface area contributed by atoms with E-state index in [1.165, 1.54) is 12.1 Å². The maximum Gasteiger partial charge on any atom is 0.418 e. The number of piperidine rings is 1. The maximum atomic E-state index is 12.9. The van der Waals surface area contributed by atoms with Gasteiger partial charge in [-0.2, -0.15) is 13.2 Å². The van der Waals surface area contributed by atoms with Gasteiger partial charge in [0.25, 0.3) is 0 Å². The fourth-order valence-electron chi connectivity index (χ4n) is 2.08. The van der Waals surface area contributed by atoms with Crippen molar-refractivity contribution in [1.29, 1.82) is 0 Å². The molecule has 0 spiro atoms. The molecule has 1 heterocycles. The number of alkyl halides is 3. The summed E-state index contributed by atoms with van der Waals surface area (Å²) in [6.07, 6.45) is -2.80. The largest absolute Gasteiger partial charge is 0.418 e. The van der Waals surface area contributed by atoms with Gasteiger partial charge in [-0.1, -0.05) is 17.7 Å². The van der Waals surface area contributed by atoms with Gasteiger partial charge in [-0.05, 0) is 38.1 Å². The molecule has 0 aromatic heterocycles. The Hall–Kier alpha value is -0.940. The molecule has 0 amide bonds. The lowest BCUT2D eigenvalue weighted by molar-refractivity contribution is -0.137. The van der Waals surface area contributed by atoms with E-state index in [2.05, 4.69) is 10.6 Å². The Labute approximate surface area is 109 Å². The second-order valence-corrected chi connectivity index (χ2v) is 4.74. The van der Waals surface area contributed by atoms with Crippen LogP contribution in [0.25, 0.3) is 0 Å². The Bertz CT molecular complexity index is 414. The molecule has 1 aromatic carbocycles. The van der Waals surface area contributed by atoms with Gasteiger partial charge in [-0.25, -0.2) is 0 Å². The van der Waals surface area contributed by atoms with Crippen molar-refractivity contribution in [3.63, 3.8) is 0 Å². The fourth-order valence-corrected chi connectivity index (χ4v) is 2.31. The molecule has 100 valence electrons. The highest BCUT2D eigenvalue weighted by molar-refractivity contribution is 6.33. The molecule has 1 aromatic rings. The number of para-hydroxylation sites is 1. The Morgan fingerprint density at radius 1 is 1.22 bits per heavy atom. The fraction of sp³-hybridized carbons (Fsp3) is 0.500. The normalized spacial score (nSPS) is 17.8. The molecule has 1 aliphatic heterocycles. The van der Waals surface area contributed by atoms with Crippen LogP contribution in [0.15, 0.2) is 18.2 Å². The van der Waals surface area contributed by atoms with E-state index in [9.17, 15) is 13.2 Å². The Balaban J connectivity index is 2.25. The molecule has 18 heavy (non-hydrogen) atoms. The van der Waals surface area contributed by atoms with Gasteiger partial charge in [0.1, 0.15) is 0 Å². The summed E-state index contributed by atoms with van der Waals surface area (Å²) in [7, 11) is 0. The minimum absolute atomic E-state index is 0.00133. The van der Waals surface area contributed by atoms with E-state index in [-0.39, 0.29) is 16.8 Å². The summed E-state index contributed by atoms with van der Waals surface area (Å²) >= 11 is 5.88. The van der Waals surface area contributed by atoms with Crippen LogP contribution in [0.4, 0.5) is 18.9 Å². The maximum absolute atomic E-state index is 12.9. The number of hydrogen-bond acceptors (Lipinski definition) is 2. The number of halogens is 4. The molecule has 6 heteroatoms. The lowest BCUT2D eigenvalue weighted by Crippen LogP contribution is -2.35. The van der Waals surface area contributed by atoms with Crippen molar-refractivity contribution in [1.82, 2.24) is 5.32 Å². The zero-order valence-electron chi connectivity index (χ0n) is 9.65. The molecule has 1 saturated heterocycles.